The van der Waals surface area contributed by atoms with E-state index < -0.39 is 0 Å². The molecule has 3 aliphatic rings. The summed E-state index contributed by atoms with van der Waals surface area (Å²) in [6.45, 7) is 0. The SMILES string of the molecule is COC(=O)C1C2CC[C@H](C[C@@H]1OC(=O)C1CCCCC1)N2C. The van der Waals surface area contributed by atoms with Crippen LogP contribution in [0.25, 0.3) is 0 Å². The summed E-state index contributed by atoms with van der Waals surface area (Å²) in [5, 5.41) is 0. The molecule has 1 saturated carbocycles. The number of hydrogen-bond acceptors (Lipinski definition) is 5. The second-order valence-electron chi connectivity index (χ2n) is 7.06. The normalized spacial score (nSPS) is 36.1. The van der Waals surface area contributed by atoms with Crippen LogP contribution in [0.5, 0.6) is 0 Å². The van der Waals surface area contributed by atoms with Gasteiger partial charge in [0.1, 0.15) is 12.0 Å². The maximum absolute atomic E-state index is 12.5. The molecule has 3 rings (SSSR count). The van der Waals surface area contributed by atoms with E-state index in [9.17, 15) is 9.59 Å². The van der Waals surface area contributed by atoms with Gasteiger partial charge in [-0.1, -0.05) is 19.3 Å². The predicted molar refractivity (Wildman–Crippen MR) is 81.2 cm³/mol. The fourth-order valence-electron chi connectivity index (χ4n) is 4.57. The average molecular weight is 309 g/mol. The molecule has 2 unspecified atom stereocenters. The highest BCUT2D eigenvalue weighted by molar-refractivity contribution is 5.76. The first-order valence-corrected chi connectivity index (χ1v) is 8.62. The number of fused-ring (bicyclic) bond motifs is 2. The maximum atomic E-state index is 12.5. The van der Waals surface area contributed by atoms with Crippen LogP contribution in [-0.2, 0) is 19.1 Å². The lowest BCUT2D eigenvalue weighted by Crippen LogP contribution is -2.53. The van der Waals surface area contributed by atoms with Crippen molar-refractivity contribution in [1.29, 1.82) is 0 Å². The van der Waals surface area contributed by atoms with Gasteiger partial charge in [0.2, 0.25) is 0 Å². The molecule has 2 bridgehead atoms. The van der Waals surface area contributed by atoms with Crippen molar-refractivity contribution in [3.8, 4) is 0 Å². The molecule has 0 N–H and O–H groups in total. The number of carbonyl (C=O) groups is 2. The van der Waals surface area contributed by atoms with Crippen LogP contribution in [0.2, 0.25) is 0 Å². The van der Waals surface area contributed by atoms with Crippen molar-refractivity contribution in [2.75, 3.05) is 14.2 Å². The standard InChI is InChI=1S/C17H27NO4/c1-18-12-8-9-13(18)15(17(20)21-2)14(10-12)22-16(19)11-6-4-3-5-7-11/h11-15H,3-10H2,1-2H3/t12-,13?,14+,15?/m1/s1. The maximum Gasteiger partial charge on any atom is 0.314 e. The topological polar surface area (TPSA) is 55.8 Å². The van der Waals surface area contributed by atoms with Gasteiger partial charge in [-0.15, -0.1) is 0 Å². The van der Waals surface area contributed by atoms with Crippen LogP contribution in [0.4, 0.5) is 0 Å². The minimum Gasteiger partial charge on any atom is -0.469 e. The number of piperidine rings is 1. The summed E-state index contributed by atoms with van der Waals surface area (Å²) in [7, 11) is 3.49. The zero-order valence-electron chi connectivity index (χ0n) is 13.6. The lowest BCUT2D eigenvalue weighted by molar-refractivity contribution is -0.172. The molecule has 5 nitrogen and oxygen atoms in total. The number of rotatable bonds is 3. The molecule has 124 valence electrons. The van der Waals surface area contributed by atoms with Crippen molar-refractivity contribution in [3.63, 3.8) is 0 Å². The first-order valence-electron chi connectivity index (χ1n) is 8.62. The van der Waals surface area contributed by atoms with Gasteiger partial charge in [-0.3, -0.25) is 14.5 Å². The van der Waals surface area contributed by atoms with E-state index in [4.69, 9.17) is 9.47 Å². The molecular formula is C17H27NO4. The van der Waals surface area contributed by atoms with E-state index >= 15 is 0 Å². The molecule has 0 amide bonds. The summed E-state index contributed by atoms with van der Waals surface area (Å²) in [5.41, 5.74) is 0. The van der Waals surface area contributed by atoms with Crippen LogP contribution in [0.3, 0.4) is 0 Å². The van der Waals surface area contributed by atoms with Crippen LogP contribution >= 0.6 is 0 Å². The molecule has 2 heterocycles. The first kappa shape index (κ1) is 15.8. The lowest BCUT2D eigenvalue weighted by atomic mass is 9.86. The van der Waals surface area contributed by atoms with E-state index in [-0.39, 0.29) is 35.9 Å². The molecule has 0 radical (unpaired) electrons. The van der Waals surface area contributed by atoms with Crippen LogP contribution in [0, 0.1) is 11.8 Å². The van der Waals surface area contributed by atoms with Crippen LogP contribution < -0.4 is 0 Å². The summed E-state index contributed by atoms with van der Waals surface area (Å²) in [6.07, 6.45) is 7.80. The van der Waals surface area contributed by atoms with Crippen LogP contribution in [0.1, 0.15) is 51.4 Å². The highest BCUT2D eigenvalue weighted by Crippen LogP contribution is 2.40. The Hall–Kier alpha value is -1.10. The minimum absolute atomic E-state index is 0.0318. The van der Waals surface area contributed by atoms with E-state index in [2.05, 4.69) is 11.9 Å². The molecule has 0 aromatic rings. The molecule has 0 spiro atoms. The lowest BCUT2D eigenvalue weighted by Gasteiger charge is -2.41. The molecular weight excluding hydrogens is 282 g/mol. The van der Waals surface area contributed by atoms with Gasteiger partial charge in [-0.2, -0.15) is 0 Å². The predicted octanol–water partition coefficient (Wildman–Crippen LogP) is 2.13. The largest absolute Gasteiger partial charge is 0.469 e. The third-order valence-corrected chi connectivity index (χ3v) is 5.89. The summed E-state index contributed by atoms with van der Waals surface area (Å²) in [5.74, 6) is -0.633. The Kier molecular flexibility index (Phi) is 4.71. The fourth-order valence-corrected chi connectivity index (χ4v) is 4.57. The Balaban J connectivity index is 1.70. The summed E-state index contributed by atoms with van der Waals surface area (Å²) in [6, 6.07) is 0.574. The molecule has 4 atom stereocenters. The summed E-state index contributed by atoms with van der Waals surface area (Å²) < 4.78 is 10.8. The van der Waals surface area contributed by atoms with Crippen LogP contribution in [-0.4, -0.2) is 49.2 Å². The number of methoxy groups -OCH3 is 1. The monoisotopic (exact) mass is 309 g/mol. The highest BCUT2D eigenvalue weighted by atomic mass is 16.6. The van der Waals surface area contributed by atoms with E-state index in [1.165, 1.54) is 13.5 Å². The van der Waals surface area contributed by atoms with Gasteiger partial charge in [-0.25, -0.2) is 0 Å². The van der Waals surface area contributed by atoms with Crippen LogP contribution in [0.15, 0.2) is 0 Å². The van der Waals surface area contributed by atoms with Crippen molar-refractivity contribution in [2.45, 2.75) is 69.6 Å². The van der Waals surface area contributed by atoms with Crippen molar-refractivity contribution in [3.05, 3.63) is 0 Å². The van der Waals surface area contributed by atoms with Gasteiger partial charge >= 0.3 is 11.9 Å². The molecule has 22 heavy (non-hydrogen) atoms. The second kappa shape index (κ2) is 6.57. The Bertz CT molecular complexity index is 432. The smallest absolute Gasteiger partial charge is 0.314 e. The quantitative estimate of drug-likeness (QED) is 0.748. The van der Waals surface area contributed by atoms with E-state index in [0.29, 0.717) is 6.04 Å². The van der Waals surface area contributed by atoms with Crippen molar-refractivity contribution >= 4 is 11.9 Å². The number of carbonyl (C=O) groups excluding carboxylic acids is 2. The third kappa shape index (κ3) is 2.87. The third-order valence-electron chi connectivity index (χ3n) is 5.89. The molecule has 5 heteroatoms. The Labute approximate surface area is 132 Å². The first-order chi connectivity index (χ1) is 10.6. The Morgan fingerprint density at radius 2 is 1.73 bits per heavy atom. The van der Waals surface area contributed by atoms with Gasteiger partial charge in [0.15, 0.2) is 0 Å². The molecule has 0 aromatic carbocycles. The second-order valence-corrected chi connectivity index (χ2v) is 7.06. The zero-order valence-corrected chi connectivity index (χ0v) is 13.6. The Morgan fingerprint density at radius 1 is 1.00 bits per heavy atom. The molecule has 2 aliphatic heterocycles. The minimum atomic E-state index is -0.332. The average Bonchev–Trinajstić information content (AvgIpc) is 2.78. The van der Waals surface area contributed by atoms with E-state index in [0.717, 1.165) is 44.9 Å². The molecule has 0 aromatic heterocycles. The van der Waals surface area contributed by atoms with Crippen molar-refractivity contribution < 1.29 is 19.1 Å². The van der Waals surface area contributed by atoms with Crippen molar-refractivity contribution in [1.82, 2.24) is 4.90 Å². The summed E-state index contributed by atoms with van der Waals surface area (Å²) in [4.78, 5) is 26.9. The van der Waals surface area contributed by atoms with Gasteiger partial charge in [0.05, 0.1) is 13.0 Å². The van der Waals surface area contributed by atoms with Gasteiger partial charge in [0, 0.05) is 18.5 Å². The Morgan fingerprint density at radius 3 is 2.41 bits per heavy atom. The highest BCUT2D eigenvalue weighted by Gasteiger charge is 2.51. The van der Waals surface area contributed by atoms with Gasteiger partial charge < -0.3 is 9.47 Å². The fraction of sp³-hybridized carbons (Fsp3) is 0.882. The molecule has 1 aliphatic carbocycles. The number of nitrogens with zero attached hydrogens (tertiary/aromatic N) is 1. The number of hydrogen-bond donors (Lipinski definition) is 0. The van der Waals surface area contributed by atoms with Gasteiger partial charge in [0.25, 0.3) is 0 Å². The molecule has 3 fully saturated rings. The number of ether oxygens (including phenoxy) is 2. The van der Waals surface area contributed by atoms with E-state index in [1.807, 2.05) is 0 Å². The number of esters is 2. The molecule has 2 saturated heterocycles. The summed E-state index contributed by atoms with van der Waals surface area (Å²) >= 11 is 0. The van der Waals surface area contributed by atoms with Crippen molar-refractivity contribution in [2.24, 2.45) is 11.8 Å². The van der Waals surface area contributed by atoms with E-state index in [1.54, 1.807) is 0 Å². The van der Waals surface area contributed by atoms with Gasteiger partial charge in [-0.05, 0) is 32.7 Å². The zero-order chi connectivity index (χ0) is 15.7.